The molecule has 0 amide bonds. The molecule has 1 aromatic heterocycles. The van der Waals surface area contributed by atoms with E-state index in [0.29, 0.717) is 27.6 Å². The summed E-state index contributed by atoms with van der Waals surface area (Å²) in [6, 6.07) is 8.56. The van der Waals surface area contributed by atoms with Gasteiger partial charge in [0.15, 0.2) is 16.3 Å². The van der Waals surface area contributed by atoms with Gasteiger partial charge in [0.1, 0.15) is 5.82 Å². The molecule has 3 aromatic rings. The molecule has 0 saturated heterocycles. The zero-order chi connectivity index (χ0) is 24.6. The molecule has 1 atom stereocenters. The van der Waals surface area contributed by atoms with Crippen molar-refractivity contribution in [3.63, 3.8) is 0 Å². The second-order valence-corrected chi connectivity index (χ2v) is 8.74. The third kappa shape index (κ3) is 4.01. The average Bonchev–Trinajstić information content (AvgIpc) is 3.14. The van der Waals surface area contributed by atoms with Gasteiger partial charge in [-0.3, -0.25) is 9.36 Å². The van der Waals surface area contributed by atoms with Crippen LogP contribution >= 0.6 is 22.9 Å². The van der Waals surface area contributed by atoms with Gasteiger partial charge in [-0.2, -0.15) is 0 Å². The number of esters is 1. The van der Waals surface area contributed by atoms with Crippen LogP contribution in [0.3, 0.4) is 0 Å². The predicted octanol–water partition coefficient (Wildman–Crippen LogP) is 3.22. The highest BCUT2D eigenvalue weighted by Crippen LogP contribution is 2.36. The van der Waals surface area contributed by atoms with E-state index in [9.17, 15) is 14.0 Å². The Balaban J connectivity index is 2.01. The summed E-state index contributed by atoms with van der Waals surface area (Å²) >= 11 is 7.23. The number of nitrogens with zero attached hydrogens (tertiary/aromatic N) is 2. The van der Waals surface area contributed by atoms with E-state index in [2.05, 4.69) is 4.99 Å². The number of aromatic nitrogens is 1. The van der Waals surface area contributed by atoms with Crippen LogP contribution in [-0.4, -0.2) is 31.9 Å². The number of methoxy groups -OCH3 is 3. The fourth-order valence-corrected chi connectivity index (χ4v) is 5.06. The average molecular weight is 503 g/mol. The quantitative estimate of drug-likeness (QED) is 0.501. The lowest BCUT2D eigenvalue weighted by Gasteiger charge is -2.25. The summed E-state index contributed by atoms with van der Waals surface area (Å²) in [6.45, 7) is 1.67. The maximum Gasteiger partial charge on any atom is 0.338 e. The second kappa shape index (κ2) is 9.44. The molecule has 10 heteroatoms. The van der Waals surface area contributed by atoms with Gasteiger partial charge in [0.2, 0.25) is 0 Å². The number of halogens is 2. The van der Waals surface area contributed by atoms with Crippen molar-refractivity contribution in [2.75, 3.05) is 21.3 Å². The Bertz CT molecular complexity index is 1490. The molecule has 4 rings (SSSR count). The fourth-order valence-electron chi connectivity index (χ4n) is 3.81. The van der Waals surface area contributed by atoms with Crippen LogP contribution in [0.25, 0.3) is 6.08 Å². The van der Waals surface area contributed by atoms with Gasteiger partial charge in [-0.15, -0.1) is 0 Å². The largest absolute Gasteiger partial charge is 0.493 e. The number of benzene rings is 2. The zero-order valence-electron chi connectivity index (χ0n) is 18.7. The van der Waals surface area contributed by atoms with Crippen LogP contribution < -0.4 is 24.4 Å². The van der Waals surface area contributed by atoms with Crippen LogP contribution in [0.15, 0.2) is 57.5 Å². The Labute approximate surface area is 203 Å². The third-order valence-electron chi connectivity index (χ3n) is 5.43. The summed E-state index contributed by atoms with van der Waals surface area (Å²) in [5.74, 6) is -0.249. The highest BCUT2D eigenvalue weighted by molar-refractivity contribution is 7.07. The Morgan fingerprint density at radius 2 is 1.91 bits per heavy atom. The second-order valence-electron chi connectivity index (χ2n) is 7.32. The summed E-state index contributed by atoms with van der Waals surface area (Å²) in [5, 5.41) is 0.175. The molecule has 0 saturated carbocycles. The molecule has 0 aliphatic carbocycles. The van der Waals surface area contributed by atoms with Gasteiger partial charge in [0.25, 0.3) is 5.56 Å². The summed E-state index contributed by atoms with van der Waals surface area (Å²) in [7, 11) is 4.27. The van der Waals surface area contributed by atoms with Crippen LogP contribution in [0.4, 0.5) is 4.39 Å². The molecule has 0 bridgehead atoms. The molecule has 2 aromatic carbocycles. The van der Waals surface area contributed by atoms with E-state index in [-0.39, 0.29) is 20.7 Å². The first-order valence-corrected chi connectivity index (χ1v) is 11.3. The van der Waals surface area contributed by atoms with Crippen LogP contribution in [0.1, 0.15) is 24.1 Å². The van der Waals surface area contributed by atoms with Gasteiger partial charge in [0, 0.05) is 5.56 Å². The van der Waals surface area contributed by atoms with E-state index in [0.717, 1.165) is 11.3 Å². The highest BCUT2D eigenvalue weighted by Gasteiger charge is 2.33. The fraction of sp³-hybridized carbons (Fsp3) is 0.208. The summed E-state index contributed by atoms with van der Waals surface area (Å²) in [4.78, 5) is 31.1. The van der Waals surface area contributed by atoms with E-state index < -0.39 is 23.4 Å². The molecule has 0 spiro atoms. The lowest BCUT2D eigenvalue weighted by atomic mass is 9.95. The molecule has 7 nitrogen and oxygen atoms in total. The monoisotopic (exact) mass is 502 g/mol. The number of hydrogen-bond donors (Lipinski definition) is 0. The molecule has 1 aliphatic rings. The minimum absolute atomic E-state index is 0.0982. The SMILES string of the molecule is COC(=O)C1=C(C)N=c2s/c(=C/c3c(F)cccc3Cl)c(=O)n2C1c1ccc(OC)c(OC)c1. The third-order valence-corrected chi connectivity index (χ3v) is 6.74. The molecule has 2 heterocycles. The van der Waals surface area contributed by atoms with E-state index in [1.165, 1.54) is 44.1 Å². The number of allylic oxidation sites excluding steroid dienone is 1. The minimum atomic E-state index is -0.846. The van der Waals surface area contributed by atoms with Gasteiger partial charge in [-0.25, -0.2) is 14.2 Å². The van der Waals surface area contributed by atoms with Crippen molar-refractivity contribution in [1.29, 1.82) is 0 Å². The molecule has 1 aliphatic heterocycles. The van der Waals surface area contributed by atoms with E-state index in [1.54, 1.807) is 31.2 Å². The van der Waals surface area contributed by atoms with Gasteiger partial charge in [-0.05, 0) is 42.8 Å². The van der Waals surface area contributed by atoms with Crippen LogP contribution in [-0.2, 0) is 9.53 Å². The summed E-state index contributed by atoms with van der Waals surface area (Å²) in [6.07, 6.45) is 1.39. The first kappa shape index (κ1) is 23.7. The van der Waals surface area contributed by atoms with Crippen molar-refractivity contribution in [2.24, 2.45) is 4.99 Å². The zero-order valence-corrected chi connectivity index (χ0v) is 20.3. The smallest absolute Gasteiger partial charge is 0.338 e. The summed E-state index contributed by atoms with van der Waals surface area (Å²) < 4.78 is 31.7. The minimum Gasteiger partial charge on any atom is -0.493 e. The summed E-state index contributed by atoms with van der Waals surface area (Å²) in [5.41, 5.74) is 0.850. The number of carbonyl (C=O) groups excluding carboxylic acids is 1. The van der Waals surface area contributed by atoms with Gasteiger partial charge < -0.3 is 14.2 Å². The van der Waals surface area contributed by atoms with Crippen molar-refractivity contribution < 1.29 is 23.4 Å². The van der Waals surface area contributed by atoms with E-state index in [1.807, 2.05) is 0 Å². The number of hydrogen-bond acceptors (Lipinski definition) is 7. The lowest BCUT2D eigenvalue weighted by Crippen LogP contribution is -2.39. The number of fused-ring (bicyclic) bond motifs is 1. The molecule has 0 N–H and O–H groups in total. The highest BCUT2D eigenvalue weighted by atomic mass is 35.5. The predicted molar refractivity (Wildman–Crippen MR) is 127 cm³/mol. The number of carbonyl (C=O) groups is 1. The van der Waals surface area contributed by atoms with Gasteiger partial charge in [0.05, 0.1) is 48.2 Å². The molecule has 0 radical (unpaired) electrons. The molecular weight excluding hydrogens is 483 g/mol. The van der Waals surface area contributed by atoms with Crippen molar-refractivity contribution in [3.8, 4) is 11.5 Å². The van der Waals surface area contributed by atoms with Gasteiger partial charge >= 0.3 is 5.97 Å². The van der Waals surface area contributed by atoms with E-state index in [4.69, 9.17) is 25.8 Å². The standard InChI is InChI=1S/C24H20ClFN2O5S/c1-12-20(23(30)33-4)21(13-8-9-17(31-2)18(10-13)32-3)28-22(29)19(34-24(28)27-12)11-14-15(25)6-5-7-16(14)26/h5-11,21H,1-4H3/b19-11+. The topological polar surface area (TPSA) is 79.1 Å². The van der Waals surface area contributed by atoms with Crippen molar-refractivity contribution in [3.05, 3.63) is 89.3 Å². The maximum absolute atomic E-state index is 14.4. The Hall–Kier alpha value is -3.43. The molecule has 0 fully saturated rings. The van der Waals surface area contributed by atoms with Crippen LogP contribution in [0, 0.1) is 5.82 Å². The molecule has 34 heavy (non-hydrogen) atoms. The molecule has 176 valence electrons. The van der Waals surface area contributed by atoms with E-state index >= 15 is 0 Å². The Morgan fingerprint density at radius 1 is 1.18 bits per heavy atom. The molecule has 1 unspecified atom stereocenters. The van der Waals surface area contributed by atoms with Crippen molar-refractivity contribution >= 4 is 35.0 Å². The first-order chi connectivity index (χ1) is 16.3. The number of rotatable bonds is 5. The van der Waals surface area contributed by atoms with Crippen molar-refractivity contribution in [1.82, 2.24) is 4.57 Å². The first-order valence-electron chi connectivity index (χ1n) is 10.1. The lowest BCUT2D eigenvalue weighted by molar-refractivity contribution is -0.136. The van der Waals surface area contributed by atoms with Gasteiger partial charge in [-0.1, -0.05) is 35.1 Å². The van der Waals surface area contributed by atoms with Crippen LogP contribution in [0.5, 0.6) is 11.5 Å². The van der Waals surface area contributed by atoms with Crippen LogP contribution in [0.2, 0.25) is 5.02 Å². The number of thiazole rings is 1. The number of ether oxygens (including phenoxy) is 3. The molecular formula is C24H20ClFN2O5S. The van der Waals surface area contributed by atoms with Crippen molar-refractivity contribution in [2.45, 2.75) is 13.0 Å². The Kier molecular flexibility index (Phi) is 6.58. The Morgan fingerprint density at radius 3 is 2.56 bits per heavy atom. The maximum atomic E-state index is 14.4. The normalized spacial score (nSPS) is 15.6.